The first kappa shape index (κ1) is 16.7. The number of benzene rings is 1. The van der Waals surface area contributed by atoms with Gasteiger partial charge >= 0.3 is 5.76 Å². The average molecular weight is 353 g/mol. The number of aromatic nitrogens is 1. The first-order chi connectivity index (χ1) is 11.3. The van der Waals surface area contributed by atoms with Crippen LogP contribution in [0.2, 0.25) is 0 Å². The number of carbonyl (C=O) groups is 1. The molecular formula is C15H19N3O5S. The Hall–Kier alpha value is -2.13. The Morgan fingerprint density at radius 1 is 1.17 bits per heavy atom. The molecule has 0 radical (unpaired) electrons. The highest BCUT2D eigenvalue weighted by atomic mass is 32.2. The van der Waals surface area contributed by atoms with Crippen molar-refractivity contribution >= 4 is 27.0 Å². The summed E-state index contributed by atoms with van der Waals surface area (Å²) in [6, 6.07) is 4.38. The highest BCUT2D eigenvalue weighted by molar-refractivity contribution is 7.89. The van der Waals surface area contributed by atoms with Crippen LogP contribution in [-0.2, 0) is 21.9 Å². The van der Waals surface area contributed by atoms with Crippen LogP contribution in [0, 0.1) is 0 Å². The van der Waals surface area contributed by atoms with Crippen LogP contribution in [0.3, 0.4) is 0 Å². The van der Waals surface area contributed by atoms with E-state index >= 15 is 0 Å². The molecule has 2 heterocycles. The Bertz CT molecular complexity index is 944. The van der Waals surface area contributed by atoms with Crippen LogP contribution in [0.4, 0.5) is 0 Å². The third kappa shape index (κ3) is 2.84. The molecule has 2 aromatic rings. The number of rotatable bonds is 2. The maximum absolute atomic E-state index is 12.9. The Morgan fingerprint density at radius 2 is 1.92 bits per heavy atom. The number of amides is 1. The van der Waals surface area contributed by atoms with Gasteiger partial charge in [-0.3, -0.25) is 9.36 Å². The fraction of sp³-hybridized carbons (Fsp3) is 0.467. The lowest BCUT2D eigenvalue weighted by Gasteiger charge is -2.21. The van der Waals surface area contributed by atoms with E-state index in [1.165, 1.54) is 41.0 Å². The number of hydrogen-bond donors (Lipinski definition) is 0. The first-order valence-electron chi connectivity index (χ1n) is 7.66. The van der Waals surface area contributed by atoms with E-state index in [2.05, 4.69) is 0 Å². The fourth-order valence-corrected chi connectivity index (χ4v) is 4.36. The topological polar surface area (TPSA) is 92.8 Å². The minimum absolute atomic E-state index is 0.0518. The van der Waals surface area contributed by atoms with E-state index in [9.17, 15) is 18.0 Å². The molecule has 9 heteroatoms. The molecule has 1 fully saturated rings. The molecule has 1 amide bonds. The smallest absolute Gasteiger partial charge is 0.408 e. The summed E-state index contributed by atoms with van der Waals surface area (Å²) >= 11 is 0. The molecule has 1 aliphatic rings. The van der Waals surface area contributed by atoms with Gasteiger partial charge in [-0.25, -0.2) is 13.2 Å². The Kier molecular flexibility index (Phi) is 4.22. The van der Waals surface area contributed by atoms with Crippen molar-refractivity contribution in [3.63, 3.8) is 0 Å². The molecule has 0 aliphatic carbocycles. The van der Waals surface area contributed by atoms with Crippen molar-refractivity contribution in [1.82, 2.24) is 13.8 Å². The van der Waals surface area contributed by atoms with Crippen molar-refractivity contribution in [2.24, 2.45) is 7.05 Å². The zero-order valence-corrected chi connectivity index (χ0v) is 14.4. The van der Waals surface area contributed by atoms with Crippen LogP contribution in [-0.4, -0.2) is 54.3 Å². The summed E-state index contributed by atoms with van der Waals surface area (Å²) in [7, 11) is -2.17. The monoisotopic (exact) mass is 353 g/mol. The van der Waals surface area contributed by atoms with Crippen molar-refractivity contribution in [1.29, 1.82) is 0 Å². The van der Waals surface area contributed by atoms with Crippen LogP contribution >= 0.6 is 0 Å². The maximum atomic E-state index is 12.9. The fourth-order valence-electron chi connectivity index (χ4n) is 2.87. The summed E-state index contributed by atoms with van der Waals surface area (Å²) in [6.07, 6.45) is 0.589. The summed E-state index contributed by atoms with van der Waals surface area (Å²) in [4.78, 5) is 24.8. The van der Waals surface area contributed by atoms with Crippen LogP contribution in [0.1, 0.15) is 13.3 Å². The number of aryl methyl sites for hydroxylation is 1. The standard InChI is InChI=1S/C15H19N3O5S/c1-11(19)17-6-3-7-18(9-8-17)24(21,22)12-4-5-14-13(10-12)16(2)15(20)23-14/h4-5,10H,3,6-9H2,1-2H3. The molecule has 1 saturated heterocycles. The minimum atomic E-state index is -3.70. The lowest BCUT2D eigenvalue weighted by atomic mass is 10.3. The average Bonchev–Trinajstić information content (AvgIpc) is 2.72. The molecule has 8 nitrogen and oxygen atoms in total. The molecule has 1 aliphatic heterocycles. The summed E-state index contributed by atoms with van der Waals surface area (Å²) in [5, 5.41) is 0. The van der Waals surface area contributed by atoms with E-state index in [-0.39, 0.29) is 17.3 Å². The highest BCUT2D eigenvalue weighted by Crippen LogP contribution is 2.22. The summed E-state index contributed by atoms with van der Waals surface area (Å²) in [6.45, 7) is 3.02. The third-order valence-electron chi connectivity index (χ3n) is 4.30. The van der Waals surface area contributed by atoms with E-state index in [1.807, 2.05) is 0 Å². The normalized spacial score (nSPS) is 17.2. The van der Waals surface area contributed by atoms with Crippen molar-refractivity contribution in [3.05, 3.63) is 28.7 Å². The molecule has 0 spiro atoms. The third-order valence-corrected chi connectivity index (χ3v) is 6.20. The van der Waals surface area contributed by atoms with Gasteiger partial charge in [-0.15, -0.1) is 0 Å². The van der Waals surface area contributed by atoms with Gasteiger partial charge in [0.25, 0.3) is 0 Å². The second kappa shape index (κ2) is 6.06. The van der Waals surface area contributed by atoms with Gasteiger partial charge in [0, 0.05) is 40.2 Å². The molecule has 1 aromatic heterocycles. The lowest BCUT2D eigenvalue weighted by Crippen LogP contribution is -2.36. The van der Waals surface area contributed by atoms with Gasteiger partial charge in [0.15, 0.2) is 5.58 Å². The van der Waals surface area contributed by atoms with E-state index in [0.717, 1.165) is 0 Å². The van der Waals surface area contributed by atoms with E-state index in [1.54, 1.807) is 4.90 Å². The Labute approximate surface area is 139 Å². The van der Waals surface area contributed by atoms with Crippen molar-refractivity contribution in [2.45, 2.75) is 18.2 Å². The van der Waals surface area contributed by atoms with E-state index in [0.29, 0.717) is 37.2 Å². The molecular weight excluding hydrogens is 334 g/mol. The molecule has 1 aromatic carbocycles. The largest absolute Gasteiger partial charge is 0.419 e. The second-order valence-electron chi connectivity index (χ2n) is 5.82. The molecule has 0 bridgehead atoms. The van der Waals surface area contributed by atoms with Crippen LogP contribution in [0.15, 0.2) is 32.3 Å². The molecule has 0 saturated carbocycles. The number of carbonyl (C=O) groups excluding carboxylic acids is 1. The molecule has 130 valence electrons. The molecule has 24 heavy (non-hydrogen) atoms. The maximum Gasteiger partial charge on any atom is 0.419 e. The number of hydrogen-bond acceptors (Lipinski definition) is 5. The van der Waals surface area contributed by atoms with Gasteiger partial charge in [-0.2, -0.15) is 4.31 Å². The van der Waals surface area contributed by atoms with Gasteiger partial charge < -0.3 is 9.32 Å². The molecule has 0 unspecified atom stereocenters. The second-order valence-corrected chi connectivity index (χ2v) is 7.76. The van der Waals surface area contributed by atoms with Crippen molar-refractivity contribution in [2.75, 3.05) is 26.2 Å². The number of oxazole rings is 1. The van der Waals surface area contributed by atoms with Crippen LogP contribution in [0.25, 0.3) is 11.1 Å². The van der Waals surface area contributed by atoms with Gasteiger partial charge in [-0.05, 0) is 24.6 Å². The molecule has 0 N–H and O–H groups in total. The number of fused-ring (bicyclic) bond motifs is 1. The Morgan fingerprint density at radius 3 is 2.62 bits per heavy atom. The lowest BCUT2D eigenvalue weighted by molar-refractivity contribution is -0.128. The minimum Gasteiger partial charge on any atom is -0.408 e. The number of sulfonamides is 1. The van der Waals surface area contributed by atoms with Crippen molar-refractivity contribution in [3.8, 4) is 0 Å². The first-order valence-corrected chi connectivity index (χ1v) is 9.10. The van der Waals surface area contributed by atoms with Gasteiger partial charge in [0.05, 0.1) is 10.4 Å². The SMILES string of the molecule is CC(=O)N1CCCN(S(=O)(=O)c2ccc3oc(=O)n(C)c3c2)CC1. The molecule has 3 rings (SSSR count). The quantitative estimate of drug-likeness (QED) is 0.778. The van der Waals surface area contributed by atoms with Crippen LogP contribution in [0.5, 0.6) is 0 Å². The van der Waals surface area contributed by atoms with Crippen LogP contribution < -0.4 is 5.76 Å². The number of nitrogens with zero attached hydrogens (tertiary/aromatic N) is 3. The highest BCUT2D eigenvalue weighted by Gasteiger charge is 2.28. The van der Waals surface area contributed by atoms with E-state index in [4.69, 9.17) is 4.42 Å². The summed E-state index contributed by atoms with van der Waals surface area (Å²) in [5.41, 5.74) is 0.779. The zero-order chi connectivity index (χ0) is 17.5. The Balaban J connectivity index is 1.94. The zero-order valence-electron chi connectivity index (χ0n) is 13.6. The van der Waals surface area contributed by atoms with Gasteiger partial charge in [0.1, 0.15) is 0 Å². The van der Waals surface area contributed by atoms with Gasteiger partial charge in [0.2, 0.25) is 15.9 Å². The molecule has 0 atom stereocenters. The van der Waals surface area contributed by atoms with Gasteiger partial charge in [-0.1, -0.05) is 0 Å². The predicted molar refractivity (Wildman–Crippen MR) is 87.1 cm³/mol. The van der Waals surface area contributed by atoms with E-state index < -0.39 is 15.8 Å². The summed E-state index contributed by atoms with van der Waals surface area (Å²) < 4.78 is 33.4. The summed E-state index contributed by atoms with van der Waals surface area (Å²) in [5.74, 6) is -0.588. The van der Waals surface area contributed by atoms with Crippen molar-refractivity contribution < 1.29 is 17.6 Å². The predicted octanol–water partition coefficient (Wildman–Crippen LogP) is 0.374.